The van der Waals surface area contributed by atoms with Crippen molar-refractivity contribution in [3.63, 3.8) is 0 Å². The fourth-order valence-electron chi connectivity index (χ4n) is 2.70. The quantitative estimate of drug-likeness (QED) is 0.740. The Labute approximate surface area is 147 Å². The summed E-state index contributed by atoms with van der Waals surface area (Å²) >= 11 is 0. The van der Waals surface area contributed by atoms with Gasteiger partial charge < -0.3 is 24.8 Å². The van der Waals surface area contributed by atoms with Crippen LogP contribution in [-0.2, 0) is 9.53 Å². The number of rotatable bonds is 7. The van der Waals surface area contributed by atoms with Gasteiger partial charge in [-0.1, -0.05) is 0 Å². The van der Waals surface area contributed by atoms with Gasteiger partial charge in [-0.15, -0.1) is 0 Å². The van der Waals surface area contributed by atoms with Crippen molar-refractivity contribution in [2.75, 3.05) is 19.8 Å². The van der Waals surface area contributed by atoms with Crippen LogP contribution in [0.2, 0.25) is 0 Å². The van der Waals surface area contributed by atoms with E-state index >= 15 is 0 Å². The number of nitrogens with one attached hydrogen (secondary N) is 2. The van der Waals surface area contributed by atoms with E-state index in [1.54, 1.807) is 32.0 Å². The van der Waals surface area contributed by atoms with Crippen LogP contribution >= 0.6 is 0 Å². The molecule has 0 radical (unpaired) electrons. The Hall–Kier alpha value is -2.70. The molecule has 2 rings (SSSR count). The van der Waals surface area contributed by atoms with Gasteiger partial charge in [0.25, 0.3) is 0 Å². The fraction of sp³-hybridized carbons (Fsp3) is 0.444. The molecule has 136 valence electrons. The Bertz CT molecular complexity index is 684. The minimum absolute atomic E-state index is 0.244. The van der Waals surface area contributed by atoms with E-state index in [1.807, 2.05) is 13.8 Å². The zero-order valence-electron chi connectivity index (χ0n) is 15.0. The summed E-state index contributed by atoms with van der Waals surface area (Å²) in [7, 11) is 0. The van der Waals surface area contributed by atoms with Crippen LogP contribution in [0.1, 0.15) is 39.3 Å². The number of benzene rings is 1. The number of carbonyl (C=O) groups is 2. The molecule has 0 unspecified atom stereocenters. The van der Waals surface area contributed by atoms with Crippen LogP contribution < -0.4 is 20.1 Å². The molecule has 1 aliphatic heterocycles. The predicted molar refractivity (Wildman–Crippen MR) is 92.5 cm³/mol. The summed E-state index contributed by atoms with van der Waals surface area (Å²) in [6, 6.07) is 4.27. The highest BCUT2D eigenvalue weighted by molar-refractivity contribution is 5.95. The third-order valence-corrected chi connectivity index (χ3v) is 3.67. The van der Waals surface area contributed by atoms with Crippen LogP contribution in [0.3, 0.4) is 0 Å². The topological polar surface area (TPSA) is 85.9 Å². The van der Waals surface area contributed by atoms with Gasteiger partial charge in [0.1, 0.15) is 11.5 Å². The van der Waals surface area contributed by atoms with E-state index in [9.17, 15) is 9.59 Å². The van der Waals surface area contributed by atoms with Gasteiger partial charge in [-0.2, -0.15) is 0 Å². The number of hydrogen-bond acceptors (Lipinski definition) is 5. The second-order valence-corrected chi connectivity index (χ2v) is 5.36. The molecule has 25 heavy (non-hydrogen) atoms. The van der Waals surface area contributed by atoms with Crippen molar-refractivity contribution in [3.05, 3.63) is 35.0 Å². The number of amides is 2. The normalized spacial score (nSPS) is 16.8. The number of esters is 1. The van der Waals surface area contributed by atoms with Gasteiger partial charge in [-0.25, -0.2) is 9.59 Å². The van der Waals surface area contributed by atoms with Crippen molar-refractivity contribution < 1.29 is 23.8 Å². The lowest BCUT2D eigenvalue weighted by molar-refractivity contribution is -0.139. The second kappa shape index (κ2) is 8.41. The first-order valence-electron chi connectivity index (χ1n) is 8.36. The molecule has 1 aromatic carbocycles. The minimum Gasteiger partial charge on any atom is -0.494 e. The van der Waals surface area contributed by atoms with Gasteiger partial charge in [-0.05, 0) is 45.9 Å². The van der Waals surface area contributed by atoms with Crippen molar-refractivity contribution in [2.45, 2.75) is 33.7 Å². The highest BCUT2D eigenvalue weighted by Crippen LogP contribution is 2.36. The SMILES string of the molecule is CCOC(=O)C1=C(C)NC(=O)N[C@H]1c1cc(OCC)ccc1OCC. The van der Waals surface area contributed by atoms with Gasteiger partial charge in [-0.3, -0.25) is 0 Å². The number of ether oxygens (including phenoxy) is 3. The lowest BCUT2D eigenvalue weighted by Gasteiger charge is -2.29. The maximum Gasteiger partial charge on any atom is 0.338 e. The summed E-state index contributed by atoms with van der Waals surface area (Å²) in [5, 5.41) is 5.39. The molecule has 1 heterocycles. The van der Waals surface area contributed by atoms with Crippen molar-refractivity contribution in [1.82, 2.24) is 10.6 Å². The molecule has 0 aliphatic carbocycles. The molecule has 0 spiro atoms. The maximum absolute atomic E-state index is 12.4. The smallest absolute Gasteiger partial charge is 0.338 e. The first-order chi connectivity index (χ1) is 12.0. The molecule has 0 fully saturated rings. The van der Waals surface area contributed by atoms with E-state index in [-0.39, 0.29) is 12.6 Å². The van der Waals surface area contributed by atoms with Crippen LogP contribution in [-0.4, -0.2) is 31.8 Å². The third kappa shape index (κ3) is 4.23. The lowest BCUT2D eigenvalue weighted by atomic mass is 9.94. The van der Waals surface area contributed by atoms with Crippen LogP contribution in [0.25, 0.3) is 0 Å². The zero-order chi connectivity index (χ0) is 18.4. The minimum atomic E-state index is -0.685. The van der Waals surface area contributed by atoms with Crippen molar-refractivity contribution >= 4 is 12.0 Å². The van der Waals surface area contributed by atoms with Crippen LogP contribution in [0.15, 0.2) is 29.5 Å². The standard InChI is InChI=1S/C18H24N2O5/c1-5-23-12-8-9-14(24-6-2)13(10-12)16-15(17(21)25-7-3)11(4)19-18(22)20-16/h8-10,16H,5-7H2,1-4H3,(H2,19,20,22)/t16-/m0/s1. The van der Waals surface area contributed by atoms with Crippen LogP contribution in [0, 0.1) is 0 Å². The van der Waals surface area contributed by atoms with Gasteiger partial charge in [0.2, 0.25) is 0 Å². The number of hydrogen-bond donors (Lipinski definition) is 2. The molecule has 0 aromatic heterocycles. The second-order valence-electron chi connectivity index (χ2n) is 5.36. The Balaban J connectivity index is 2.54. The summed E-state index contributed by atoms with van der Waals surface area (Å²) in [6.45, 7) is 8.37. The fourth-order valence-corrected chi connectivity index (χ4v) is 2.70. The molecular formula is C18H24N2O5. The molecule has 1 atom stereocenters. The Morgan fingerprint density at radius 3 is 2.48 bits per heavy atom. The Morgan fingerprint density at radius 1 is 1.12 bits per heavy atom. The van der Waals surface area contributed by atoms with Gasteiger partial charge >= 0.3 is 12.0 Å². The van der Waals surface area contributed by atoms with E-state index in [4.69, 9.17) is 14.2 Å². The van der Waals surface area contributed by atoms with Gasteiger partial charge in [0, 0.05) is 11.3 Å². The first kappa shape index (κ1) is 18.6. The van der Waals surface area contributed by atoms with Gasteiger partial charge in [0.15, 0.2) is 0 Å². The van der Waals surface area contributed by atoms with Crippen LogP contribution in [0.5, 0.6) is 11.5 Å². The highest BCUT2D eigenvalue weighted by Gasteiger charge is 2.34. The van der Waals surface area contributed by atoms with Crippen LogP contribution in [0.4, 0.5) is 4.79 Å². The molecule has 2 amide bonds. The number of allylic oxidation sites excluding steroid dienone is 1. The van der Waals surface area contributed by atoms with E-state index in [2.05, 4.69) is 10.6 Å². The van der Waals surface area contributed by atoms with Crippen molar-refractivity contribution in [1.29, 1.82) is 0 Å². The lowest BCUT2D eigenvalue weighted by Crippen LogP contribution is -2.45. The summed E-state index contributed by atoms with van der Waals surface area (Å²) in [4.78, 5) is 24.4. The predicted octanol–water partition coefficient (Wildman–Crippen LogP) is 2.68. The molecule has 0 bridgehead atoms. The maximum atomic E-state index is 12.4. The number of urea groups is 1. The summed E-state index contributed by atoms with van der Waals surface area (Å²) < 4.78 is 16.4. The molecular weight excluding hydrogens is 324 g/mol. The monoisotopic (exact) mass is 348 g/mol. The Morgan fingerprint density at radius 2 is 1.84 bits per heavy atom. The summed E-state index contributed by atoms with van der Waals surface area (Å²) in [5.41, 5.74) is 1.44. The molecule has 1 aromatic rings. The average Bonchev–Trinajstić information content (AvgIpc) is 2.56. The molecule has 0 saturated heterocycles. The highest BCUT2D eigenvalue weighted by atomic mass is 16.5. The van der Waals surface area contributed by atoms with E-state index < -0.39 is 12.0 Å². The largest absolute Gasteiger partial charge is 0.494 e. The zero-order valence-corrected chi connectivity index (χ0v) is 15.0. The average molecular weight is 348 g/mol. The number of carbonyl (C=O) groups excluding carboxylic acids is 2. The third-order valence-electron chi connectivity index (χ3n) is 3.67. The van der Waals surface area contributed by atoms with Crippen molar-refractivity contribution in [3.8, 4) is 11.5 Å². The molecule has 7 heteroatoms. The molecule has 2 N–H and O–H groups in total. The molecule has 0 saturated carbocycles. The molecule has 7 nitrogen and oxygen atoms in total. The van der Waals surface area contributed by atoms with Gasteiger partial charge in [0.05, 0.1) is 31.4 Å². The van der Waals surface area contributed by atoms with E-state index in [0.29, 0.717) is 41.5 Å². The van der Waals surface area contributed by atoms with E-state index in [1.165, 1.54) is 0 Å². The summed E-state index contributed by atoms with van der Waals surface area (Å²) in [5.74, 6) is 0.726. The molecule has 1 aliphatic rings. The van der Waals surface area contributed by atoms with Crippen molar-refractivity contribution in [2.24, 2.45) is 0 Å². The Kier molecular flexibility index (Phi) is 6.27. The van der Waals surface area contributed by atoms with E-state index in [0.717, 1.165) is 0 Å². The summed E-state index contributed by atoms with van der Waals surface area (Å²) in [6.07, 6.45) is 0. The first-order valence-corrected chi connectivity index (χ1v) is 8.36.